The van der Waals surface area contributed by atoms with Crippen molar-refractivity contribution < 1.29 is 0 Å². The standard InChI is InChI=1S/C23H9N7S4/c1-26-23(27-2)29-20-7-5-16(32-20)18-9-14-22(34-18)21-13(30(14)3)8-17(33-21)15-4-6-19(31-15)28-12(10-24)11-25/h4-9H,3H3. The van der Waals surface area contributed by atoms with E-state index < -0.39 is 0 Å². The Morgan fingerprint density at radius 1 is 0.794 bits per heavy atom. The highest BCUT2D eigenvalue weighted by atomic mass is 32.1. The van der Waals surface area contributed by atoms with Gasteiger partial charge in [-0.15, -0.1) is 34.0 Å². The number of hydrogen-bond acceptors (Lipinski definition) is 8. The van der Waals surface area contributed by atoms with Crippen molar-refractivity contribution in [1.82, 2.24) is 4.57 Å². The van der Waals surface area contributed by atoms with Crippen molar-refractivity contribution in [2.24, 2.45) is 17.0 Å². The summed E-state index contributed by atoms with van der Waals surface area (Å²) in [5.41, 5.74) is 2.15. The van der Waals surface area contributed by atoms with E-state index in [2.05, 4.69) is 43.4 Å². The van der Waals surface area contributed by atoms with Crippen molar-refractivity contribution in [3.05, 3.63) is 59.2 Å². The number of hydrogen-bond donors (Lipinski definition) is 0. The Hall–Kier alpha value is -4.10. The number of guanidine groups is 1. The molecule has 0 saturated heterocycles. The van der Waals surface area contributed by atoms with Crippen LogP contribution in [0.5, 0.6) is 0 Å². The molecule has 0 N–H and O–H groups in total. The van der Waals surface area contributed by atoms with E-state index in [9.17, 15) is 0 Å². The van der Waals surface area contributed by atoms with Gasteiger partial charge in [-0.1, -0.05) is 11.3 Å². The maximum absolute atomic E-state index is 8.93. The number of rotatable bonds is 4. The Kier molecular flexibility index (Phi) is 5.55. The first kappa shape index (κ1) is 21.7. The lowest BCUT2D eigenvalue weighted by molar-refractivity contribution is 1.02. The van der Waals surface area contributed by atoms with Crippen LogP contribution in [0.3, 0.4) is 0 Å². The molecule has 5 aromatic heterocycles. The smallest absolute Gasteiger partial charge is 0.342 e. The van der Waals surface area contributed by atoms with Gasteiger partial charge in [0.05, 0.1) is 20.4 Å². The maximum atomic E-state index is 8.93. The van der Waals surface area contributed by atoms with Gasteiger partial charge >= 0.3 is 5.96 Å². The highest BCUT2D eigenvalue weighted by Crippen LogP contribution is 2.47. The minimum Gasteiger partial charge on any atom is -0.342 e. The largest absolute Gasteiger partial charge is 0.635 e. The van der Waals surface area contributed by atoms with Gasteiger partial charge < -0.3 is 4.57 Å². The highest BCUT2D eigenvalue weighted by molar-refractivity contribution is 7.33. The van der Waals surface area contributed by atoms with E-state index in [-0.39, 0.29) is 11.7 Å². The normalized spacial score (nSPS) is 10.4. The summed E-state index contributed by atoms with van der Waals surface area (Å²) >= 11 is 6.33. The topological polar surface area (TPSA) is 86.0 Å². The van der Waals surface area contributed by atoms with Crippen molar-refractivity contribution in [2.75, 3.05) is 0 Å². The van der Waals surface area contributed by atoms with Crippen LogP contribution in [-0.2, 0) is 7.05 Å². The number of aryl methyl sites for hydroxylation is 1. The van der Waals surface area contributed by atoms with Crippen LogP contribution in [0.1, 0.15) is 0 Å². The summed E-state index contributed by atoms with van der Waals surface area (Å²) in [4.78, 5) is 18.8. The Labute approximate surface area is 209 Å². The molecular weight excluding hydrogens is 503 g/mol. The van der Waals surface area contributed by atoms with Crippen LogP contribution >= 0.6 is 45.3 Å². The third-order valence-electron chi connectivity index (χ3n) is 4.87. The number of fused-ring (bicyclic) bond motifs is 3. The van der Waals surface area contributed by atoms with E-state index in [4.69, 9.17) is 23.7 Å². The van der Waals surface area contributed by atoms with Gasteiger partial charge in [0.15, 0.2) is 0 Å². The molecule has 5 aromatic rings. The minimum atomic E-state index is -0.184. The average Bonchev–Trinajstić information content (AvgIpc) is 3.66. The van der Waals surface area contributed by atoms with Crippen molar-refractivity contribution in [3.8, 4) is 31.6 Å². The number of thiophene rings is 4. The summed E-state index contributed by atoms with van der Waals surface area (Å²) in [7, 11) is 2.05. The summed E-state index contributed by atoms with van der Waals surface area (Å²) < 4.78 is 4.59. The van der Waals surface area contributed by atoms with Gasteiger partial charge in [-0.2, -0.15) is 10.5 Å². The second-order valence-corrected chi connectivity index (χ2v) is 11.0. The predicted octanol–water partition coefficient (Wildman–Crippen LogP) is 7.86. The van der Waals surface area contributed by atoms with Gasteiger partial charge in [-0.25, -0.2) is 14.7 Å². The summed E-state index contributed by atoms with van der Waals surface area (Å²) in [5.74, 6) is -0.184. The summed E-state index contributed by atoms with van der Waals surface area (Å²) in [5, 5.41) is 19.1. The lowest BCUT2D eigenvalue weighted by atomic mass is 10.3. The van der Waals surface area contributed by atoms with E-state index in [0.717, 1.165) is 30.5 Å². The van der Waals surface area contributed by atoms with Crippen LogP contribution in [-0.4, -0.2) is 16.2 Å². The first-order valence-corrected chi connectivity index (χ1v) is 12.8. The molecule has 11 heteroatoms. The Balaban J connectivity index is 1.53. The van der Waals surface area contributed by atoms with Crippen LogP contribution < -0.4 is 0 Å². The molecule has 0 bridgehead atoms. The van der Waals surface area contributed by atoms with Gasteiger partial charge in [-0.3, -0.25) is 0 Å². The number of aliphatic imine (C=N–C) groups is 2. The van der Waals surface area contributed by atoms with E-state index >= 15 is 0 Å². The molecule has 5 heterocycles. The zero-order valence-electron chi connectivity index (χ0n) is 17.2. The lowest BCUT2D eigenvalue weighted by Gasteiger charge is -1.94. The van der Waals surface area contributed by atoms with Gasteiger partial charge in [0.25, 0.3) is 5.00 Å². The number of aromatic nitrogens is 1. The average molecular weight is 512 g/mol. The van der Waals surface area contributed by atoms with Crippen LogP contribution in [0.15, 0.2) is 46.4 Å². The zero-order chi connectivity index (χ0) is 23.8. The molecule has 0 atom stereocenters. The second kappa shape index (κ2) is 8.68. The van der Waals surface area contributed by atoms with Crippen LogP contribution in [0.25, 0.3) is 49.6 Å². The van der Waals surface area contributed by atoms with Gasteiger partial charge in [0, 0.05) is 37.6 Å². The number of nitrogens with zero attached hydrogens (tertiary/aromatic N) is 7. The molecule has 0 spiro atoms. The monoisotopic (exact) mass is 511 g/mol. The van der Waals surface area contributed by atoms with E-state index in [1.165, 1.54) is 32.1 Å². The summed E-state index contributed by atoms with van der Waals surface area (Å²) in [6, 6.07) is 15.5. The molecule has 0 radical (unpaired) electrons. The molecule has 5 rings (SSSR count). The molecule has 0 saturated carbocycles. The van der Waals surface area contributed by atoms with Gasteiger partial charge in [-0.05, 0) is 43.5 Å². The Morgan fingerprint density at radius 3 is 1.76 bits per heavy atom. The first-order valence-electron chi connectivity index (χ1n) is 9.49. The minimum absolute atomic E-state index is 0.153. The van der Waals surface area contributed by atoms with Crippen molar-refractivity contribution in [2.45, 2.75) is 0 Å². The fourth-order valence-corrected chi connectivity index (χ4v) is 7.80. The highest BCUT2D eigenvalue weighted by Gasteiger charge is 2.19. The fraction of sp³-hybridized carbons (Fsp3) is 0.0435. The molecule has 160 valence electrons. The van der Waals surface area contributed by atoms with Gasteiger partial charge in [0.2, 0.25) is 5.71 Å². The molecule has 0 unspecified atom stereocenters. The van der Waals surface area contributed by atoms with Crippen molar-refractivity contribution in [3.63, 3.8) is 0 Å². The molecular formula is C23H9N7S4. The first-order chi connectivity index (χ1) is 16.5. The van der Waals surface area contributed by atoms with Crippen LogP contribution in [0.2, 0.25) is 0 Å². The zero-order valence-corrected chi connectivity index (χ0v) is 20.5. The molecule has 7 nitrogen and oxygen atoms in total. The number of nitriles is 2. The molecule has 0 amide bonds. The van der Waals surface area contributed by atoms with E-state index in [1.54, 1.807) is 34.8 Å². The molecule has 0 aliphatic rings. The summed E-state index contributed by atoms with van der Waals surface area (Å²) in [6.07, 6.45) is 0. The molecule has 34 heavy (non-hydrogen) atoms. The quantitative estimate of drug-likeness (QED) is 0.140. The van der Waals surface area contributed by atoms with Crippen molar-refractivity contribution >= 4 is 87.5 Å². The Morgan fingerprint density at radius 2 is 1.29 bits per heavy atom. The second-order valence-electron chi connectivity index (χ2n) is 6.80. The molecule has 0 fully saturated rings. The Bertz CT molecular complexity index is 1660. The van der Waals surface area contributed by atoms with Crippen molar-refractivity contribution in [1.29, 1.82) is 10.5 Å². The SMILES string of the molecule is [C-]#[N+]C(=Nc1ccc(-c2cc3c(s2)c2sc(-c4ccc(N=C(C#N)C#N)s4)cc2n3C)s1)[N+]#[C-]. The lowest BCUT2D eigenvalue weighted by Crippen LogP contribution is -1.84. The molecule has 0 aliphatic heterocycles. The van der Waals surface area contributed by atoms with Gasteiger partial charge in [0.1, 0.15) is 17.1 Å². The van der Waals surface area contributed by atoms with Crippen LogP contribution in [0, 0.1) is 35.8 Å². The third kappa shape index (κ3) is 3.70. The van der Waals surface area contributed by atoms with Crippen LogP contribution in [0.4, 0.5) is 10.0 Å². The summed E-state index contributed by atoms with van der Waals surface area (Å²) in [6.45, 7) is 14.0. The predicted molar refractivity (Wildman–Crippen MR) is 141 cm³/mol. The van der Waals surface area contributed by atoms with E-state index in [1.807, 2.05) is 24.3 Å². The van der Waals surface area contributed by atoms with E-state index in [0.29, 0.717) is 10.0 Å². The fourth-order valence-electron chi connectivity index (χ4n) is 3.36. The molecule has 0 aliphatic carbocycles. The molecule has 0 aromatic carbocycles. The third-order valence-corrected chi connectivity index (χ3v) is 9.63. The maximum Gasteiger partial charge on any atom is 0.635 e.